The van der Waals surface area contributed by atoms with Gasteiger partial charge in [0.15, 0.2) is 0 Å². The Labute approximate surface area is 74.3 Å². The maximum Gasteiger partial charge on any atom is 0.00968 e. The van der Waals surface area contributed by atoms with E-state index in [4.69, 9.17) is 0 Å². The lowest BCUT2D eigenvalue weighted by molar-refractivity contribution is 0.441. The average Bonchev–Trinajstić information content (AvgIpc) is 2.60. The van der Waals surface area contributed by atoms with Crippen LogP contribution in [0, 0.1) is 0 Å². The van der Waals surface area contributed by atoms with Crippen molar-refractivity contribution in [2.75, 3.05) is 12.3 Å². The molecule has 1 rings (SSSR count). The fraction of sp³-hybridized carbons (Fsp3) is 1.00. The monoisotopic (exact) mass is 173 g/mol. The van der Waals surface area contributed by atoms with E-state index in [1.165, 1.54) is 18.6 Å². The summed E-state index contributed by atoms with van der Waals surface area (Å²) < 4.78 is 0. The summed E-state index contributed by atoms with van der Waals surface area (Å²) in [5, 5.41) is 4.50. The maximum atomic E-state index is 3.48. The van der Waals surface area contributed by atoms with Gasteiger partial charge in [-0.05, 0) is 33.6 Å². The van der Waals surface area contributed by atoms with Crippen LogP contribution < -0.4 is 5.32 Å². The molecule has 0 aromatic heterocycles. The summed E-state index contributed by atoms with van der Waals surface area (Å²) in [7, 11) is 0. The van der Waals surface area contributed by atoms with E-state index in [9.17, 15) is 0 Å². The minimum atomic E-state index is 0.296. The molecule has 1 saturated carbocycles. The van der Waals surface area contributed by atoms with E-state index < -0.39 is 0 Å². The van der Waals surface area contributed by atoms with E-state index in [-0.39, 0.29) is 0 Å². The second-order valence-electron chi connectivity index (χ2n) is 4.25. The van der Waals surface area contributed by atoms with Gasteiger partial charge in [-0.2, -0.15) is 11.8 Å². The fourth-order valence-electron chi connectivity index (χ4n) is 0.886. The Morgan fingerprint density at radius 3 is 2.45 bits per heavy atom. The van der Waals surface area contributed by atoms with Crippen molar-refractivity contribution in [3.05, 3.63) is 0 Å². The lowest BCUT2D eigenvalue weighted by atomic mass is 10.1. The number of nitrogens with one attached hydrogen (secondary N) is 1. The Morgan fingerprint density at radius 2 is 2.00 bits per heavy atom. The second kappa shape index (κ2) is 3.81. The normalized spacial score (nSPS) is 18.8. The highest BCUT2D eigenvalue weighted by Gasteiger charge is 2.21. The van der Waals surface area contributed by atoms with Gasteiger partial charge in [0, 0.05) is 23.1 Å². The number of hydrogen-bond donors (Lipinski definition) is 1. The van der Waals surface area contributed by atoms with Crippen LogP contribution in [0.3, 0.4) is 0 Å². The summed E-state index contributed by atoms with van der Waals surface area (Å²) >= 11 is 2.12. The zero-order valence-corrected chi connectivity index (χ0v) is 8.63. The molecule has 1 N–H and O–H groups in total. The van der Waals surface area contributed by atoms with Gasteiger partial charge in [-0.15, -0.1) is 0 Å². The smallest absolute Gasteiger partial charge is 0.00968 e. The van der Waals surface area contributed by atoms with E-state index in [1.54, 1.807) is 0 Å². The first-order valence-electron chi connectivity index (χ1n) is 4.44. The summed E-state index contributed by atoms with van der Waals surface area (Å²) in [4.78, 5) is 0. The molecule has 2 heteroatoms. The van der Waals surface area contributed by atoms with Crippen LogP contribution in [0.25, 0.3) is 0 Å². The Hall–Kier alpha value is 0.310. The molecule has 66 valence electrons. The van der Waals surface area contributed by atoms with E-state index in [0.29, 0.717) is 5.54 Å². The minimum Gasteiger partial charge on any atom is -0.311 e. The summed E-state index contributed by atoms with van der Waals surface area (Å²) in [6, 6.07) is 0. The Bertz CT molecular complexity index is 113. The molecule has 1 aliphatic carbocycles. The van der Waals surface area contributed by atoms with Crippen LogP contribution in [0.4, 0.5) is 0 Å². The molecule has 1 fully saturated rings. The van der Waals surface area contributed by atoms with Crippen LogP contribution in [0.15, 0.2) is 0 Å². The summed E-state index contributed by atoms with van der Waals surface area (Å²) in [6.45, 7) is 7.81. The molecule has 0 saturated heterocycles. The van der Waals surface area contributed by atoms with Gasteiger partial charge in [0.1, 0.15) is 0 Å². The van der Waals surface area contributed by atoms with Crippen molar-refractivity contribution in [1.29, 1.82) is 0 Å². The van der Waals surface area contributed by atoms with E-state index in [0.717, 1.165) is 11.8 Å². The molecule has 0 aliphatic heterocycles. The van der Waals surface area contributed by atoms with Crippen LogP contribution in [0.1, 0.15) is 33.6 Å². The topological polar surface area (TPSA) is 12.0 Å². The highest BCUT2D eigenvalue weighted by Crippen LogP contribution is 2.33. The third kappa shape index (κ3) is 5.57. The molecule has 0 atom stereocenters. The average molecular weight is 173 g/mol. The zero-order valence-electron chi connectivity index (χ0n) is 7.81. The van der Waals surface area contributed by atoms with Gasteiger partial charge in [-0.25, -0.2) is 0 Å². The predicted octanol–water partition coefficient (Wildman–Crippen LogP) is 2.27. The molecule has 0 aromatic rings. The molecule has 1 nitrogen and oxygen atoms in total. The third-order valence-electron chi connectivity index (χ3n) is 1.64. The number of thioether (sulfide) groups is 1. The van der Waals surface area contributed by atoms with Crippen LogP contribution in [-0.2, 0) is 0 Å². The van der Waals surface area contributed by atoms with Crippen molar-refractivity contribution >= 4 is 11.8 Å². The number of rotatable bonds is 4. The van der Waals surface area contributed by atoms with Gasteiger partial charge < -0.3 is 5.32 Å². The molecule has 1 aliphatic rings. The van der Waals surface area contributed by atoms with Crippen molar-refractivity contribution in [1.82, 2.24) is 5.32 Å². The van der Waals surface area contributed by atoms with Crippen LogP contribution >= 0.6 is 11.8 Å². The molecule has 0 aromatic carbocycles. The first-order valence-corrected chi connectivity index (χ1v) is 5.49. The van der Waals surface area contributed by atoms with Crippen LogP contribution in [0.5, 0.6) is 0 Å². The van der Waals surface area contributed by atoms with Crippen molar-refractivity contribution < 1.29 is 0 Å². The van der Waals surface area contributed by atoms with Crippen molar-refractivity contribution in [3.63, 3.8) is 0 Å². The van der Waals surface area contributed by atoms with Crippen LogP contribution in [-0.4, -0.2) is 23.1 Å². The fourth-order valence-corrected chi connectivity index (χ4v) is 1.91. The van der Waals surface area contributed by atoms with Gasteiger partial charge in [0.25, 0.3) is 0 Å². The predicted molar refractivity (Wildman–Crippen MR) is 53.2 cm³/mol. The summed E-state index contributed by atoms with van der Waals surface area (Å²) in [5.41, 5.74) is 0.296. The highest BCUT2D eigenvalue weighted by atomic mass is 32.2. The number of hydrogen-bond acceptors (Lipinski definition) is 2. The van der Waals surface area contributed by atoms with Gasteiger partial charge in [0.05, 0.1) is 0 Å². The Kier molecular flexibility index (Phi) is 3.26. The lowest BCUT2D eigenvalue weighted by Gasteiger charge is -2.20. The van der Waals surface area contributed by atoms with Crippen molar-refractivity contribution in [2.24, 2.45) is 0 Å². The van der Waals surface area contributed by atoms with Gasteiger partial charge >= 0.3 is 0 Å². The lowest BCUT2D eigenvalue weighted by Crippen LogP contribution is -2.37. The summed E-state index contributed by atoms with van der Waals surface area (Å²) in [5.74, 6) is 1.28. The van der Waals surface area contributed by atoms with E-state index >= 15 is 0 Å². The Balaban J connectivity index is 1.87. The molecule has 0 heterocycles. The molecule has 0 amide bonds. The second-order valence-corrected chi connectivity index (χ2v) is 5.66. The molecular formula is C9H19NS. The standard InChI is InChI=1S/C9H19NS/c1-9(2,3)10-6-7-11-8-4-5-8/h8,10H,4-7H2,1-3H3. The first-order chi connectivity index (χ1) is 5.08. The van der Waals surface area contributed by atoms with E-state index in [1.807, 2.05) is 0 Å². The third-order valence-corrected chi connectivity index (χ3v) is 3.02. The molecule has 0 spiro atoms. The maximum absolute atomic E-state index is 3.48. The van der Waals surface area contributed by atoms with Gasteiger partial charge in [-0.1, -0.05) is 0 Å². The SMILES string of the molecule is CC(C)(C)NCCSC1CC1. The van der Waals surface area contributed by atoms with Gasteiger partial charge in [-0.3, -0.25) is 0 Å². The van der Waals surface area contributed by atoms with Crippen molar-refractivity contribution in [3.8, 4) is 0 Å². The molecule has 0 radical (unpaired) electrons. The van der Waals surface area contributed by atoms with Crippen molar-refractivity contribution in [2.45, 2.75) is 44.4 Å². The first kappa shape index (κ1) is 9.40. The van der Waals surface area contributed by atoms with Crippen LogP contribution in [0.2, 0.25) is 0 Å². The molecular weight excluding hydrogens is 154 g/mol. The largest absolute Gasteiger partial charge is 0.311 e. The highest BCUT2D eigenvalue weighted by molar-refractivity contribution is 8.00. The quantitative estimate of drug-likeness (QED) is 0.655. The zero-order chi connectivity index (χ0) is 8.32. The van der Waals surface area contributed by atoms with Gasteiger partial charge in [0.2, 0.25) is 0 Å². The van der Waals surface area contributed by atoms with E-state index in [2.05, 4.69) is 37.8 Å². The Morgan fingerprint density at radius 1 is 1.36 bits per heavy atom. The molecule has 11 heavy (non-hydrogen) atoms. The molecule has 0 unspecified atom stereocenters. The summed E-state index contributed by atoms with van der Waals surface area (Å²) in [6.07, 6.45) is 2.92. The molecule has 0 bridgehead atoms. The minimum absolute atomic E-state index is 0.296.